The maximum atomic E-state index is 13.0. The number of nitrogens with one attached hydrogen (secondary N) is 3. The molecule has 0 spiro atoms. The van der Waals surface area contributed by atoms with Crippen LogP contribution in [-0.4, -0.2) is 16.9 Å². The predicted molar refractivity (Wildman–Crippen MR) is 120 cm³/mol. The van der Waals surface area contributed by atoms with E-state index in [1.165, 1.54) is 24.3 Å². The van der Waals surface area contributed by atoms with Gasteiger partial charge in [-0.1, -0.05) is 18.2 Å². The Hall–Kier alpha value is -4.26. The third-order valence-electron chi connectivity index (χ3n) is 4.58. The van der Waals surface area contributed by atoms with Crippen LogP contribution in [0.1, 0.15) is 16.1 Å². The van der Waals surface area contributed by atoms with E-state index in [1.54, 1.807) is 48.5 Å². The molecule has 7 heteroatoms. The number of amides is 3. The van der Waals surface area contributed by atoms with E-state index in [2.05, 4.69) is 20.9 Å². The number of aromatic nitrogens is 1. The average Bonchev–Trinajstić information content (AvgIpc) is 2.76. The van der Waals surface area contributed by atoms with Crippen molar-refractivity contribution in [1.82, 2.24) is 4.98 Å². The number of anilines is 3. The second-order valence-electron chi connectivity index (χ2n) is 6.95. The fourth-order valence-corrected chi connectivity index (χ4v) is 3.15. The molecule has 1 aromatic heterocycles. The molecule has 0 aliphatic carbocycles. The summed E-state index contributed by atoms with van der Waals surface area (Å²) in [7, 11) is 0. The van der Waals surface area contributed by atoms with Crippen LogP contribution in [0.5, 0.6) is 0 Å². The van der Waals surface area contributed by atoms with Crippen LogP contribution in [0.2, 0.25) is 0 Å². The van der Waals surface area contributed by atoms with Crippen molar-refractivity contribution in [2.75, 3.05) is 16.0 Å². The molecule has 3 aromatic carbocycles. The van der Waals surface area contributed by atoms with Crippen LogP contribution in [-0.2, 0) is 0 Å². The first-order valence-corrected chi connectivity index (χ1v) is 9.59. The number of pyridine rings is 1. The lowest BCUT2D eigenvalue weighted by molar-refractivity contribution is 0.102. The largest absolute Gasteiger partial charge is 0.323 e. The number of hydrogen-bond acceptors (Lipinski definition) is 3. The van der Waals surface area contributed by atoms with Crippen LogP contribution in [0.25, 0.3) is 10.9 Å². The number of halogens is 1. The first-order chi connectivity index (χ1) is 15.0. The molecule has 0 fully saturated rings. The fourth-order valence-electron chi connectivity index (χ4n) is 3.15. The number of rotatable bonds is 4. The third kappa shape index (κ3) is 4.84. The molecule has 4 rings (SSSR count). The Morgan fingerprint density at radius 2 is 1.48 bits per heavy atom. The summed E-state index contributed by atoms with van der Waals surface area (Å²) < 4.78 is 13.0. The van der Waals surface area contributed by atoms with E-state index in [9.17, 15) is 14.0 Å². The highest BCUT2D eigenvalue weighted by atomic mass is 19.1. The highest BCUT2D eigenvalue weighted by molar-refractivity contribution is 6.09. The molecule has 3 amide bonds. The molecule has 3 N–H and O–H groups in total. The molecule has 0 saturated carbocycles. The number of carbonyl (C=O) groups excluding carboxylic acids is 2. The van der Waals surface area contributed by atoms with Crippen LogP contribution in [0, 0.1) is 12.7 Å². The first-order valence-electron chi connectivity index (χ1n) is 9.59. The van der Waals surface area contributed by atoms with Crippen molar-refractivity contribution in [1.29, 1.82) is 0 Å². The summed E-state index contributed by atoms with van der Waals surface area (Å²) >= 11 is 0. The van der Waals surface area contributed by atoms with E-state index >= 15 is 0 Å². The third-order valence-corrected chi connectivity index (χ3v) is 4.58. The molecule has 0 atom stereocenters. The standard InChI is InChI=1S/C24H19FN4O2/c1-15-13-22(29-23(30)16-5-3-2-4-6-16)20-14-19(11-12-21(20)26-15)28-24(31)27-18-9-7-17(25)8-10-18/h2-14H,1H3,(H,26,29,30)(H2,27,28,31). The summed E-state index contributed by atoms with van der Waals surface area (Å²) in [5, 5.41) is 9.00. The van der Waals surface area contributed by atoms with Crippen molar-refractivity contribution in [2.24, 2.45) is 0 Å². The monoisotopic (exact) mass is 414 g/mol. The van der Waals surface area contributed by atoms with Crippen molar-refractivity contribution < 1.29 is 14.0 Å². The second-order valence-corrected chi connectivity index (χ2v) is 6.95. The van der Waals surface area contributed by atoms with Gasteiger partial charge in [-0.05, 0) is 67.6 Å². The van der Waals surface area contributed by atoms with Gasteiger partial charge in [0.15, 0.2) is 0 Å². The first kappa shape index (κ1) is 20.0. The Labute approximate surface area is 178 Å². The molecule has 6 nitrogen and oxygen atoms in total. The Morgan fingerprint density at radius 1 is 0.806 bits per heavy atom. The van der Waals surface area contributed by atoms with Crippen LogP contribution in [0.3, 0.4) is 0 Å². The minimum Gasteiger partial charge on any atom is -0.321 e. The minimum absolute atomic E-state index is 0.236. The Balaban J connectivity index is 1.58. The molecule has 4 aromatic rings. The maximum Gasteiger partial charge on any atom is 0.323 e. The highest BCUT2D eigenvalue weighted by Crippen LogP contribution is 2.27. The molecular weight excluding hydrogens is 395 g/mol. The Morgan fingerprint density at radius 3 is 2.23 bits per heavy atom. The normalized spacial score (nSPS) is 10.5. The maximum absolute atomic E-state index is 13.0. The van der Waals surface area contributed by atoms with E-state index < -0.39 is 6.03 Å². The molecule has 0 aliphatic heterocycles. The molecule has 0 aliphatic rings. The van der Waals surface area contributed by atoms with Crippen LogP contribution >= 0.6 is 0 Å². The van der Waals surface area contributed by atoms with Crippen molar-refractivity contribution in [3.8, 4) is 0 Å². The molecule has 154 valence electrons. The smallest absolute Gasteiger partial charge is 0.321 e. The number of benzene rings is 3. The lowest BCUT2D eigenvalue weighted by Gasteiger charge is -2.12. The van der Waals surface area contributed by atoms with Crippen LogP contribution < -0.4 is 16.0 Å². The van der Waals surface area contributed by atoms with Crippen LogP contribution in [0.4, 0.5) is 26.2 Å². The molecule has 31 heavy (non-hydrogen) atoms. The number of urea groups is 1. The number of fused-ring (bicyclic) bond motifs is 1. The number of carbonyl (C=O) groups is 2. The van der Waals surface area contributed by atoms with Crippen molar-refractivity contribution in [2.45, 2.75) is 6.92 Å². The van der Waals surface area contributed by atoms with Gasteiger partial charge in [0.1, 0.15) is 5.82 Å². The lowest BCUT2D eigenvalue weighted by Crippen LogP contribution is -2.19. The van der Waals surface area contributed by atoms with E-state index in [-0.39, 0.29) is 11.7 Å². The van der Waals surface area contributed by atoms with Gasteiger partial charge in [-0.25, -0.2) is 9.18 Å². The van der Waals surface area contributed by atoms with Gasteiger partial charge in [0, 0.05) is 28.0 Å². The Kier molecular flexibility index (Phi) is 5.57. The van der Waals surface area contributed by atoms with Gasteiger partial charge in [-0.3, -0.25) is 9.78 Å². The van der Waals surface area contributed by atoms with Crippen molar-refractivity contribution >= 4 is 39.9 Å². The number of hydrogen-bond donors (Lipinski definition) is 3. The van der Waals surface area contributed by atoms with Gasteiger partial charge in [-0.2, -0.15) is 0 Å². The van der Waals surface area contributed by atoms with Gasteiger partial charge in [0.25, 0.3) is 5.91 Å². The quantitative estimate of drug-likeness (QED) is 0.408. The predicted octanol–water partition coefficient (Wildman–Crippen LogP) is 5.58. The van der Waals surface area contributed by atoms with Gasteiger partial charge in [0.05, 0.1) is 11.2 Å². The average molecular weight is 414 g/mol. The summed E-state index contributed by atoms with van der Waals surface area (Å²) in [5.74, 6) is -0.617. The van der Waals surface area contributed by atoms with Gasteiger partial charge in [-0.15, -0.1) is 0 Å². The molecule has 0 bridgehead atoms. The van der Waals surface area contributed by atoms with Gasteiger partial charge >= 0.3 is 6.03 Å². The molecular formula is C24H19FN4O2. The summed E-state index contributed by atoms with van der Waals surface area (Å²) in [5.41, 5.74) is 3.57. The van der Waals surface area contributed by atoms with Gasteiger partial charge < -0.3 is 16.0 Å². The summed E-state index contributed by atoms with van der Waals surface area (Å²) in [6, 6.07) is 20.9. The zero-order chi connectivity index (χ0) is 21.8. The molecule has 0 radical (unpaired) electrons. The lowest BCUT2D eigenvalue weighted by atomic mass is 10.1. The highest BCUT2D eigenvalue weighted by Gasteiger charge is 2.11. The Bertz CT molecular complexity index is 1260. The van der Waals surface area contributed by atoms with Crippen molar-refractivity contribution in [3.63, 3.8) is 0 Å². The zero-order valence-corrected chi connectivity index (χ0v) is 16.6. The number of aryl methyl sites for hydroxylation is 1. The molecule has 0 saturated heterocycles. The van der Waals surface area contributed by atoms with Crippen molar-refractivity contribution in [3.05, 3.63) is 95.9 Å². The van der Waals surface area contributed by atoms with E-state index in [1.807, 2.05) is 13.0 Å². The van der Waals surface area contributed by atoms with E-state index in [0.29, 0.717) is 33.5 Å². The SMILES string of the molecule is Cc1cc(NC(=O)c2ccccc2)c2cc(NC(=O)Nc3ccc(F)cc3)ccc2n1. The molecule has 0 unspecified atom stereocenters. The van der Waals surface area contributed by atoms with Crippen LogP contribution in [0.15, 0.2) is 78.9 Å². The minimum atomic E-state index is -0.471. The summed E-state index contributed by atoms with van der Waals surface area (Å²) in [6.45, 7) is 1.85. The summed E-state index contributed by atoms with van der Waals surface area (Å²) in [6.07, 6.45) is 0. The van der Waals surface area contributed by atoms with E-state index in [0.717, 1.165) is 5.69 Å². The topological polar surface area (TPSA) is 83.1 Å². The zero-order valence-electron chi connectivity index (χ0n) is 16.6. The summed E-state index contributed by atoms with van der Waals surface area (Å²) in [4.78, 5) is 29.4. The van der Waals surface area contributed by atoms with Gasteiger partial charge in [0.2, 0.25) is 0 Å². The second kappa shape index (κ2) is 8.62. The molecule has 1 heterocycles. The fraction of sp³-hybridized carbons (Fsp3) is 0.0417. The number of nitrogens with zero attached hydrogens (tertiary/aromatic N) is 1. The van der Waals surface area contributed by atoms with E-state index in [4.69, 9.17) is 0 Å².